The highest BCUT2D eigenvalue weighted by Crippen LogP contribution is 2.26. The van der Waals surface area contributed by atoms with Crippen molar-refractivity contribution < 1.29 is 21.6 Å². The highest BCUT2D eigenvalue weighted by molar-refractivity contribution is 7.91. The van der Waals surface area contributed by atoms with Crippen molar-refractivity contribution in [2.24, 2.45) is 13.0 Å². The number of aryl methyl sites for hydroxylation is 1. The lowest BCUT2D eigenvalue weighted by atomic mass is 10.0. The summed E-state index contributed by atoms with van der Waals surface area (Å²) in [6.45, 7) is -0.203. The second-order valence-electron chi connectivity index (χ2n) is 5.44. The van der Waals surface area contributed by atoms with Gasteiger partial charge in [0.2, 0.25) is 0 Å². The third-order valence-electron chi connectivity index (χ3n) is 3.75. The van der Waals surface area contributed by atoms with Gasteiger partial charge in [-0.2, -0.15) is 13.2 Å². The fourth-order valence-corrected chi connectivity index (χ4v) is 4.05. The number of alkyl halides is 3. The van der Waals surface area contributed by atoms with Crippen LogP contribution in [0.3, 0.4) is 0 Å². The Morgan fingerprint density at radius 3 is 2.27 bits per heavy atom. The molecular weight excluding hydrogens is 325 g/mol. The van der Waals surface area contributed by atoms with E-state index in [9.17, 15) is 31.2 Å². The van der Waals surface area contributed by atoms with Crippen LogP contribution in [-0.2, 0) is 29.6 Å². The normalized spacial score (nSPS) is 19.3. The van der Waals surface area contributed by atoms with Gasteiger partial charge >= 0.3 is 11.9 Å². The molecular formula is C12H15F3N2O4S. The molecule has 0 spiro atoms. The number of sulfone groups is 1. The van der Waals surface area contributed by atoms with Crippen LogP contribution in [0.5, 0.6) is 0 Å². The Kier molecular flexibility index (Phi) is 4.24. The molecule has 0 saturated carbocycles. The predicted molar refractivity (Wildman–Crippen MR) is 72.3 cm³/mol. The van der Waals surface area contributed by atoms with Gasteiger partial charge in [0, 0.05) is 19.8 Å². The molecule has 124 valence electrons. The standard InChI is InChI=1S/C12H15F3N2O4S/c1-16-7-9(12(13,14)15)10(18)17(11(16)19)6-8-2-4-22(20,21)5-3-8/h7-8H,2-6H2,1H3. The first kappa shape index (κ1) is 16.8. The van der Waals surface area contributed by atoms with Gasteiger partial charge in [-0.25, -0.2) is 13.2 Å². The van der Waals surface area contributed by atoms with Crippen LogP contribution in [0.15, 0.2) is 15.8 Å². The van der Waals surface area contributed by atoms with Crippen LogP contribution in [-0.4, -0.2) is 29.1 Å². The zero-order valence-electron chi connectivity index (χ0n) is 11.8. The van der Waals surface area contributed by atoms with E-state index in [4.69, 9.17) is 0 Å². The monoisotopic (exact) mass is 340 g/mol. The Morgan fingerprint density at radius 2 is 1.77 bits per heavy atom. The molecule has 0 aromatic carbocycles. The van der Waals surface area contributed by atoms with E-state index in [1.807, 2.05) is 0 Å². The van der Waals surface area contributed by atoms with E-state index >= 15 is 0 Å². The van der Waals surface area contributed by atoms with Gasteiger partial charge in [0.1, 0.15) is 15.4 Å². The van der Waals surface area contributed by atoms with E-state index in [0.717, 1.165) is 7.05 Å². The highest BCUT2D eigenvalue weighted by atomic mass is 32.2. The number of aromatic nitrogens is 2. The van der Waals surface area contributed by atoms with Crippen molar-refractivity contribution in [2.75, 3.05) is 11.5 Å². The van der Waals surface area contributed by atoms with Gasteiger partial charge in [-0.1, -0.05) is 0 Å². The van der Waals surface area contributed by atoms with Crippen molar-refractivity contribution in [3.63, 3.8) is 0 Å². The van der Waals surface area contributed by atoms with Crippen molar-refractivity contribution in [1.82, 2.24) is 9.13 Å². The van der Waals surface area contributed by atoms with Crippen molar-refractivity contribution in [3.05, 3.63) is 32.6 Å². The fourth-order valence-electron chi connectivity index (χ4n) is 2.46. The van der Waals surface area contributed by atoms with Crippen LogP contribution in [0, 0.1) is 5.92 Å². The zero-order valence-corrected chi connectivity index (χ0v) is 12.6. The summed E-state index contributed by atoms with van der Waals surface area (Å²) < 4.78 is 62.4. The predicted octanol–water partition coefficient (Wildman–Crippen LogP) is 0.391. The molecule has 0 radical (unpaired) electrons. The Hall–Kier alpha value is -1.58. The number of rotatable bonds is 2. The van der Waals surface area contributed by atoms with Gasteiger partial charge in [0.25, 0.3) is 5.56 Å². The summed E-state index contributed by atoms with van der Waals surface area (Å²) >= 11 is 0. The Balaban J connectivity index is 2.38. The fraction of sp³-hybridized carbons (Fsp3) is 0.667. The molecule has 22 heavy (non-hydrogen) atoms. The molecule has 0 N–H and O–H groups in total. The molecule has 6 nitrogen and oxygen atoms in total. The first-order valence-electron chi connectivity index (χ1n) is 6.59. The number of halogens is 3. The van der Waals surface area contributed by atoms with Crippen LogP contribution < -0.4 is 11.2 Å². The van der Waals surface area contributed by atoms with Crippen molar-refractivity contribution in [3.8, 4) is 0 Å². The maximum Gasteiger partial charge on any atom is 0.423 e. The molecule has 10 heteroatoms. The van der Waals surface area contributed by atoms with E-state index in [2.05, 4.69) is 0 Å². The lowest BCUT2D eigenvalue weighted by Gasteiger charge is -2.22. The summed E-state index contributed by atoms with van der Waals surface area (Å²) in [6, 6.07) is 0. The topological polar surface area (TPSA) is 78.1 Å². The van der Waals surface area contributed by atoms with Gasteiger partial charge in [0.15, 0.2) is 0 Å². The van der Waals surface area contributed by atoms with Crippen LogP contribution in [0.2, 0.25) is 0 Å². The first-order valence-corrected chi connectivity index (χ1v) is 8.41. The smallest absolute Gasteiger partial charge is 0.303 e. The molecule has 2 heterocycles. The molecule has 1 aromatic rings. The Morgan fingerprint density at radius 1 is 1.23 bits per heavy atom. The van der Waals surface area contributed by atoms with Crippen molar-refractivity contribution >= 4 is 9.84 Å². The number of hydrogen-bond acceptors (Lipinski definition) is 4. The van der Waals surface area contributed by atoms with Gasteiger partial charge in [-0.05, 0) is 18.8 Å². The highest BCUT2D eigenvalue weighted by Gasteiger charge is 2.36. The molecule has 2 rings (SSSR count). The maximum atomic E-state index is 12.8. The second-order valence-corrected chi connectivity index (χ2v) is 7.75. The molecule has 1 saturated heterocycles. The molecule has 1 aliphatic heterocycles. The van der Waals surface area contributed by atoms with Gasteiger partial charge < -0.3 is 4.57 Å². The lowest BCUT2D eigenvalue weighted by molar-refractivity contribution is -0.139. The SMILES string of the molecule is Cn1cc(C(F)(F)F)c(=O)n(CC2CCS(=O)(=O)CC2)c1=O. The molecule has 0 bridgehead atoms. The van der Waals surface area contributed by atoms with E-state index < -0.39 is 32.8 Å². The minimum atomic E-state index is -4.85. The third-order valence-corrected chi connectivity index (χ3v) is 5.47. The minimum absolute atomic E-state index is 0.0777. The van der Waals surface area contributed by atoms with E-state index in [0.29, 0.717) is 15.3 Å². The van der Waals surface area contributed by atoms with Crippen molar-refractivity contribution in [1.29, 1.82) is 0 Å². The molecule has 0 aliphatic carbocycles. The molecule has 0 unspecified atom stereocenters. The Bertz CT molecular complexity index is 778. The van der Waals surface area contributed by atoms with Crippen LogP contribution in [0.4, 0.5) is 13.2 Å². The van der Waals surface area contributed by atoms with E-state index in [1.54, 1.807) is 0 Å². The summed E-state index contributed by atoms with van der Waals surface area (Å²) in [5, 5.41) is 0. The van der Waals surface area contributed by atoms with E-state index in [1.165, 1.54) is 0 Å². The second kappa shape index (κ2) is 5.56. The Labute approximate surface area is 124 Å². The van der Waals surface area contributed by atoms with Gasteiger partial charge in [-0.3, -0.25) is 9.36 Å². The van der Waals surface area contributed by atoms with Gasteiger partial charge in [0.05, 0.1) is 11.5 Å². The average molecular weight is 340 g/mol. The van der Waals surface area contributed by atoms with Gasteiger partial charge in [-0.15, -0.1) is 0 Å². The molecule has 0 atom stereocenters. The summed E-state index contributed by atoms with van der Waals surface area (Å²) in [5.41, 5.74) is -3.63. The largest absolute Gasteiger partial charge is 0.423 e. The van der Waals surface area contributed by atoms with Crippen LogP contribution in [0.1, 0.15) is 18.4 Å². The number of nitrogens with zero attached hydrogens (tertiary/aromatic N) is 2. The number of hydrogen-bond donors (Lipinski definition) is 0. The van der Waals surface area contributed by atoms with Crippen molar-refractivity contribution in [2.45, 2.75) is 25.6 Å². The zero-order chi connectivity index (χ0) is 16.7. The first-order chi connectivity index (χ1) is 10.0. The summed E-state index contributed by atoms with van der Waals surface area (Å²) in [6.07, 6.45) is -3.91. The van der Waals surface area contributed by atoms with E-state index in [-0.39, 0.29) is 36.8 Å². The van der Waals surface area contributed by atoms with Crippen LogP contribution in [0.25, 0.3) is 0 Å². The summed E-state index contributed by atoms with van der Waals surface area (Å²) in [4.78, 5) is 23.8. The molecule has 1 aliphatic rings. The third kappa shape index (κ3) is 3.42. The minimum Gasteiger partial charge on any atom is -0.303 e. The molecule has 1 aromatic heterocycles. The summed E-state index contributed by atoms with van der Waals surface area (Å²) in [7, 11) is -1.98. The molecule has 0 amide bonds. The lowest BCUT2D eigenvalue weighted by Crippen LogP contribution is -2.44. The van der Waals surface area contributed by atoms with Crippen LogP contribution >= 0.6 is 0 Å². The summed E-state index contributed by atoms with van der Waals surface area (Å²) in [5.74, 6) is -0.463. The average Bonchev–Trinajstić information content (AvgIpc) is 2.39. The quantitative estimate of drug-likeness (QED) is 0.780. The molecule has 1 fully saturated rings. The maximum absolute atomic E-state index is 12.8.